The summed E-state index contributed by atoms with van der Waals surface area (Å²) in [6, 6.07) is 8.78. The van der Waals surface area contributed by atoms with E-state index in [2.05, 4.69) is 22.1 Å². The molecule has 2 rings (SSSR count). The molecule has 0 fully saturated rings. The van der Waals surface area contributed by atoms with Crippen molar-refractivity contribution in [2.24, 2.45) is 0 Å². The van der Waals surface area contributed by atoms with E-state index in [1.807, 2.05) is 24.3 Å². The number of aromatic hydroxyl groups is 1. The van der Waals surface area contributed by atoms with E-state index >= 15 is 0 Å². The molecule has 0 saturated heterocycles. The molecule has 5 heteroatoms. The number of nitrogens with zero attached hydrogens (tertiary/aromatic N) is 1. The molecule has 1 aromatic carbocycles. The molecule has 0 aliphatic heterocycles. The third-order valence-electron chi connectivity index (χ3n) is 2.80. The van der Waals surface area contributed by atoms with Crippen molar-refractivity contribution in [3.63, 3.8) is 0 Å². The first-order valence-corrected chi connectivity index (χ1v) is 6.31. The van der Waals surface area contributed by atoms with Crippen LogP contribution in [0.3, 0.4) is 0 Å². The number of amides is 1. The van der Waals surface area contributed by atoms with Crippen molar-refractivity contribution >= 4 is 5.91 Å². The zero-order valence-electron chi connectivity index (χ0n) is 11.2. The molecule has 0 spiro atoms. The van der Waals surface area contributed by atoms with Gasteiger partial charge in [0.15, 0.2) is 0 Å². The fourth-order valence-corrected chi connectivity index (χ4v) is 1.78. The lowest BCUT2D eigenvalue weighted by Gasteiger charge is -2.08. The molecule has 0 aliphatic carbocycles. The van der Waals surface area contributed by atoms with Gasteiger partial charge in [-0.25, -0.2) is 0 Å². The zero-order valence-corrected chi connectivity index (χ0v) is 11.2. The van der Waals surface area contributed by atoms with E-state index in [0.717, 1.165) is 11.1 Å². The molecule has 0 radical (unpaired) electrons. The van der Waals surface area contributed by atoms with Gasteiger partial charge in [0.25, 0.3) is 5.91 Å². The van der Waals surface area contributed by atoms with Crippen LogP contribution in [-0.2, 0) is 6.54 Å². The van der Waals surface area contributed by atoms with Crippen LogP contribution in [0, 0.1) is 11.8 Å². The first-order valence-electron chi connectivity index (χ1n) is 6.31. The van der Waals surface area contributed by atoms with Crippen molar-refractivity contribution in [3.8, 4) is 17.6 Å². The molecule has 0 bridgehead atoms. The van der Waals surface area contributed by atoms with E-state index in [9.17, 15) is 9.90 Å². The SMILES string of the molecule is O=C(NCc1ccccc1C#CCO)c1ccncc1O. The lowest BCUT2D eigenvalue weighted by atomic mass is 10.1. The number of aromatic nitrogens is 1. The van der Waals surface area contributed by atoms with E-state index in [1.54, 1.807) is 0 Å². The van der Waals surface area contributed by atoms with Gasteiger partial charge in [-0.05, 0) is 17.7 Å². The fourth-order valence-electron chi connectivity index (χ4n) is 1.78. The first kappa shape index (κ1) is 14.6. The summed E-state index contributed by atoms with van der Waals surface area (Å²) in [5.74, 6) is 4.85. The summed E-state index contributed by atoms with van der Waals surface area (Å²) in [4.78, 5) is 15.7. The highest BCUT2D eigenvalue weighted by molar-refractivity contribution is 5.96. The molecule has 0 atom stereocenters. The summed E-state index contributed by atoms with van der Waals surface area (Å²) in [5, 5.41) is 21.0. The van der Waals surface area contributed by atoms with E-state index in [1.165, 1.54) is 18.5 Å². The second-order valence-corrected chi connectivity index (χ2v) is 4.19. The van der Waals surface area contributed by atoms with Crippen LogP contribution in [0.1, 0.15) is 21.5 Å². The second-order valence-electron chi connectivity index (χ2n) is 4.19. The molecular weight excluding hydrogens is 268 g/mol. The normalized spacial score (nSPS) is 9.57. The van der Waals surface area contributed by atoms with Crippen LogP contribution < -0.4 is 5.32 Å². The fraction of sp³-hybridized carbons (Fsp3) is 0.125. The largest absolute Gasteiger partial charge is 0.505 e. The van der Waals surface area contributed by atoms with Crippen LogP contribution in [0.15, 0.2) is 42.7 Å². The quantitative estimate of drug-likeness (QED) is 0.735. The van der Waals surface area contributed by atoms with Crippen molar-refractivity contribution in [1.82, 2.24) is 10.3 Å². The Morgan fingerprint density at radius 1 is 1.29 bits per heavy atom. The van der Waals surface area contributed by atoms with Gasteiger partial charge in [0.1, 0.15) is 12.4 Å². The van der Waals surface area contributed by atoms with Gasteiger partial charge < -0.3 is 15.5 Å². The Kier molecular flexibility index (Phi) is 4.91. The van der Waals surface area contributed by atoms with Crippen molar-refractivity contribution in [2.75, 3.05) is 6.61 Å². The Bertz CT molecular complexity index is 702. The van der Waals surface area contributed by atoms with Crippen LogP contribution in [-0.4, -0.2) is 27.7 Å². The Morgan fingerprint density at radius 3 is 2.86 bits per heavy atom. The molecule has 3 N–H and O–H groups in total. The predicted octanol–water partition coefficient (Wildman–Crippen LogP) is 1.06. The standard InChI is InChI=1S/C16H14N2O3/c19-9-3-6-12-4-1-2-5-13(12)10-18-16(21)14-7-8-17-11-15(14)20/h1-2,4-5,7-8,11,19-20H,9-10H2,(H,18,21). The third-order valence-corrected chi connectivity index (χ3v) is 2.80. The Hall–Kier alpha value is -2.84. The number of carbonyl (C=O) groups is 1. The molecule has 0 unspecified atom stereocenters. The van der Waals surface area contributed by atoms with Crippen molar-refractivity contribution in [1.29, 1.82) is 0 Å². The van der Waals surface area contributed by atoms with Crippen LogP contribution in [0.25, 0.3) is 0 Å². The second kappa shape index (κ2) is 7.08. The monoisotopic (exact) mass is 282 g/mol. The average molecular weight is 282 g/mol. The highest BCUT2D eigenvalue weighted by atomic mass is 16.3. The highest BCUT2D eigenvalue weighted by Crippen LogP contribution is 2.14. The van der Waals surface area contributed by atoms with Crippen molar-refractivity contribution < 1.29 is 15.0 Å². The third kappa shape index (κ3) is 3.81. The maximum atomic E-state index is 12.0. The Morgan fingerprint density at radius 2 is 2.10 bits per heavy atom. The molecule has 1 amide bonds. The van der Waals surface area contributed by atoms with E-state index in [-0.39, 0.29) is 30.4 Å². The molecule has 21 heavy (non-hydrogen) atoms. The van der Waals surface area contributed by atoms with Crippen LogP contribution in [0.5, 0.6) is 5.75 Å². The van der Waals surface area contributed by atoms with E-state index in [0.29, 0.717) is 0 Å². The summed E-state index contributed by atoms with van der Waals surface area (Å²) in [6.45, 7) is 0.0580. The van der Waals surface area contributed by atoms with Crippen molar-refractivity contribution in [3.05, 3.63) is 59.4 Å². The maximum Gasteiger partial charge on any atom is 0.255 e. The number of pyridine rings is 1. The topological polar surface area (TPSA) is 82.5 Å². The molecular formula is C16H14N2O3. The molecule has 0 aliphatic rings. The lowest BCUT2D eigenvalue weighted by Crippen LogP contribution is -2.23. The van der Waals surface area contributed by atoms with Gasteiger partial charge in [-0.2, -0.15) is 0 Å². The number of aliphatic hydroxyl groups is 1. The van der Waals surface area contributed by atoms with Gasteiger partial charge in [0.05, 0.1) is 11.8 Å². The average Bonchev–Trinajstić information content (AvgIpc) is 2.52. The van der Waals surface area contributed by atoms with Crippen LogP contribution in [0.4, 0.5) is 0 Å². The summed E-state index contributed by atoms with van der Waals surface area (Å²) >= 11 is 0. The van der Waals surface area contributed by atoms with Gasteiger partial charge in [0.2, 0.25) is 0 Å². The summed E-state index contributed by atoms with van der Waals surface area (Å²) in [6.07, 6.45) is 2.66. The van der Waals surface area contributed by atoms with Crippen LogP contribution in [0.2, 0.25) is 0 Å². The molecule has 106 valence electrons. The van der Waals surface area contributed by atoms with Gasteiger partial charge in [-0.15, -0.1) is 0 Å². The number of hydrogen-bond donors (Lipinski definition) is 3. The minimum atomic E-state index is -0.389. The molecule has 2 aromatic rings. The molecule has 0 saturated carbocycles. The number of benzene rings is 1. The zero-order chi connectivity index (χ0) is 15.1. The lowest BCUT2D eigenvalue weighted by molar-refractivity contribution is 0.0948. The summed E-state index contributed by atoms with van der Waals surface area (Å²) in [5.41, 5.74) is 1.75. The maximum absolute atomic E-state index is 12.0. The minimum absolute atomic E-state index is 0.164. The molecule has 1 aromatic heterocycles. The Balaban J connectivity index is 2.10. The van der Waals surface area contributed by atoms with Gasteiger partial charge in [-0.1, -0.05) is 30.0 Å². The van der Waals surface area contributed by atoms with Gasteiger partial charge in [-0.3, -0.25) is 9.78 Å². The number of hydrogen-bond acceptors (Lipinski definition) is 4. The smallest absolute Gasteiger partial charge is 0.255 e. The number of nitrogens with one attached hydrogen (secondary N) is 1. The first-order chi connectivity index (χ1) is 10.2. The predicted molar refractivity (Wildman–Crippen MR) is 77.5 cm³/mol. The molecule has 5 nitrogen and oxygen atoms in total. The van der Waals surface area contributed by atoms with E-state index < -0.39 is 0 Å². The van der Waals surface area contributed by atoms with Crippen LogP contribution >= 0.6 is 0 Å². The van der Waals surface area contributed by atoms with Crippen molar-refractivity contribution in [2.45, 2.75) is 6.54 Å². The highest BCUT2D eigenvalue weighted by Gasteiger charge is 2.10. The van der Waals surface area contributed by atoms with E-state index in [4.69, 9.17) is 5.11 Å². The Labute approximate surface area is 122 Å². The number of rotatable bonds is 3. The summed E-state index contributed by atoms with van der Waals surface area (Å²) in [7, 11) is 0. The minimum Gasteiger partial charge on any atom is -0.505 e. The van der Waals surface area contributed by atoms with Gasteiger partial charge in [0, 0.05) is 18.3 Å². The number of carbonyl (C=O) groups excluding carboxylic acids is 1. The number of aliphatic hydroxyl groups excluding tert-OH is 1. The summed E-state index contributed by atoms with van der Waals surface area (Å²) < 4.78 is 0. The molecule has 1 heterocycles. The van der Waals surface area contributed by atoms with Gasteiger partial charge >= 0.3 is 0 Å².